The summed E-state index contributed by atoms with van der Waals surface area (Å²) in [6, 6.07) is 22.0. The van der Waals surface area contributed by atoms with Gasteiger partial charge in [0.2, 0.25) is 0 Å². The van der Waals surface area contributed by atoms with Crippen molar-refractivity contribution in [1.29, 1.82) is 0 Å². The number of aliphatic imine (C=N–C) groups is 1. The van der Waals surface area contributed by atoms with E-state index >= 15 is 0 Å². The Kier molecular flexibility index (Phi) is 6.73. The van der Waals surface area contributed by atoms with Gasteiger partial charge in [-0.2, -0.15) is 4.99 Å². The summed E-state index contributed by atoms with van der Waals surface area (Å²) in [5.74, 6) is -0.102. The molecule has 0 bridgehead atoms. The summed E-state index contributed by atoms with van der Waals surface area (Å²) in [6.07, 6.45) is 1.74. The predicted octanol–water partition coefficient (Wildman–Crippen LogP) is 5.63. The number of nitrogens with one attached hydrogen (secondary N) is 1. The Hall–Kier alpha value is -3.35. The van der Waals surface area contributed by atoms with Crippen molar-refractivity contribution in [2.75, 3.05) is 0 Å². The number of ether oxygens (including phenoxy) is 1. The van der Waals surface area contributed by atoms with Crippen LogP contribution < -0.4 is 10.1 Å². The number of para-hydroxylation sites is 1. The van der Waals surface area contributed by atoms with Gasteiger partial charge in [-0.25, -0.2) is 0 Å². The molecule has 5 nitrogen and oxygen atoms in total. The monoisotopic (exact) mass is 462 g/mol. The van der Waals surface area contributed by atoms with Crippen molar-refractivity contribution in [3.8, 4) is 5.75 Å². The van der Waals surface area contributed by atoms with E-state index < -0.39 is 5.91 Å². The number of thioether (sulfide) groups is 1. The number of carbonyl (C=O) groups is 2. The maximum absolute atomic E-state index is 12.4. The van der Waals surface area contributed by atoms with Crippen LogP contribution in [0.1, 0.15) is 27.0 Å². The maximum atomic E-state index is 12.4. The van der Waals surface area contributed by atoms with E-state index in [4.69, 9.17) is 16.3 Å². The summed E-state index contributed by atoms with van der Waals surface area (Å²) >= 11 is 6.96. The SMILES string of the molecule is Cc1ccc(COc2ccccc2/C=C2\SC(=NC(=O)c3ccc(Cl)cc3)NC2=O)cc1. The summed E-state index contributed by atoms with van der Waals surface area (Å²) in [4.78, 5) is 29.2. The molecule has 1 N–H and O–H groups in total. The molecule has 0 aliphatic carbocycles. The van der Waals surface area contributed by atoms with Crippen molar-refractivity contribution >= 4 is 46.4 Å². The van der Waals surface area contributed by atoms with Gasteiger partial charge in [-0.15, -0.1) is 0 Å². The molecule has 4 rings (SSSR count). The largest absolute Gasteiger partial charge is 0.488 e. The van der Waals surface area contributed by atoms with E-state index in [-0.39, 0.29) is 11.1 Å². The highest BCUT2D eigenvalue weighted by atomic mass is 35.5. The first-order valence-corrected chi connectivity index (χ1v) is 11.0. The Labute approximate surface area is 195 Å². The van der Waals surface area contributed by atoms with E-state index in [1.807, 2.05) is 55.5 Å². The minimum Gasteiger partial charge on any atom is -0.488 e. The quantitative estimate of drug-likeness (QED) is 0.499. The average molecular weight is 463 g/mol. The molecule has 1 aliphatic rings. The highest BCUT2D eigenvalue weighted by Crippen LogP contribution is 2.30. The van der Waals surface area contributed by atoms with Crippen molar-refractivity contribution in [3.63, 3.8) is 0 Å². The molecule has 0 unspecified atom stereocenters. The molecular formula is C25H19ClN2O3S. The molecule has 1 fully saturated rings. The first-order chi connectivity index (χ1) is 15.5. The summed E-state index contributed by atoms with van der Waals surface area (Å²) in [5, 5.41) is 3.41. The number of hydrogen-bond donors (Lipinski definition) is 1. The number of rotatable bonds is 5. The van der Waals surface area contributed by atoms with Crippen LogP contribution in [0, 0.1) is 6.92 Å². The van der Waals surface area contributed by atoms with Crippen LogP contribution in [0.15, 0.2) is 82.7 Å². The van der Waals surface area contributed by atoms with Gasteiger partial charge in [0, 0.05) is 16.1 Å². The minimum atomic E-state index is -0.451. The molecule has 1 saturated heterocycles. The van der Waals surface area contributed by atoms with Crippen LogP contribution in [0.25, 0.3) is 6.08 Å². The van der Waals surface area contributed by atoms with Crippen LogP contribution in [0.5, 0.6) is 5.75 Å². The van der Waals surface area contributed by atoms with Gasteiger partial charge < -0.3 is 10.1 Å². The topological polar surface area (TPSA) is 67.8 Å². The Morgan fingerprint density at radius 2 is 1.78 bits per heavy atom. The number of carbonyl (C=O) groups excluding carboxylic acids is 2. The summed E-state index contributed by atoms with van der Waals surface area (Å²) < 4.78 is 5.99. The standard InChI is InChI=1S/C25H19ClN2O3S/c1-16-6-8-17(9-7-16)15-31-21-5-3-2-4-19(21)14-22-24(30)28-25(32-22)27-23(29)18-10-12-20(26)13-11-18/h2-14H,15H2,1H3,(H,27,28,29,30)/b22-14-. The molecule has 0 radical (unpaired) electrons. The normalized spacial score (nSPS) is 15.8. The Morgan fingerprint density at radius 3 is 2.53 bits per heavy atom. The first kappa shape index (κ1) is 21.9. The van der Waals surface area contributed by atoms with E-state index in [2.05, 4.69) is 10.3 Å². The molecular weight excluding hydrogens is 444 g/mol. The molecule has 0 aromatic heterocycles. The third-order valence-electron chi connectivity index (χ3n) is 4.67. The van der Waals surface area contributed by atoms with E-state index in [1.54, 1.807) is 30.3 Å². The van der Waals surface area contributed by atoms with Crippen LogP contribution >= 0.6 is 23.4 Å². The predicted molar refractivity (Wildman–Crippen MR) is 129 cm³/mol. The summed E-state index contributed by atoms with van der Waals surface area (Å²) in [5.41, 5.74) is 3.41. The lowest BCUT2D eigenvalue weighted by Gasteiger charge is -2.10. The van der Waals surface area contributed by atoms with Crippen molar-refractivity contribution in [1.82, 2.24) is 5.32 Å². The molecule has 0 saturated carbocycles. The average Bonchev–Trinajstić information content (AvgIpc) is 3.13. The van der Waals surface area contributed by atoms with Crippen LogP contribution in [0.4, 0.5) is 0 Å². The number of aryl methyl sites for hydroxylation is 1. The number of amidine groups is 1. The number of amides is 2. The molecule has 3 aromatic carbocycles. The van der Waals surface area contributed by atoms with Gasteiger partial charge in [0.05, 0.1) is 4.91 Å². The van der Waals surface area contributed by atoms with Crippen LogP contribution in [-0.4, -0.2) is 17.0 Å². The van der Waals surface area contributed by atoms with Crippen molar-refractivity contribution in [2.24, 2.45) is 4.99 Å². The molecule has 0 atom stereocenters. The molecule has 1 heterocycles. The Bertz CT molecular complexity index is 1220. The van der Waals surface area contributed by atoms with E-state index in [1.165, 1.54) is 5.56 Å². The van der Waals surface area contributed by atoms with Crippen LogP contribution in [0.2, 0.25) is 5.02 Å². The fourth-order valence-corrected chi connectivity index (χ4v) is 3.88. The number of benzene rings is 3. The molecule has 7 heteroatoms. The van der Waals surface area contributed by atoms with Crippen molar-refractivity contribution in [2.45, 2.75) is 13.5 Å². The Morgan fingerprint density at radius 1 is 1.06 bits per heavy atom. The zero-order valence-electron chi connectivity index (χ0n) is 17.2. The minimum absolute atomic E-state index is 0.235. The number of hydrogen-bond acceptors (Lipinski definition) is 4. The molecule has 1 aliphatic heterocycles. The number of halogens is 1. The second-order valence-corrected chi connectivity index (χ2v) is 8.57. The fraction of sp³-hybridized carbons (Fsp3) is 0.0800. The maximum Gasteiger partial charge on any atom is 0.279 e. The van der Waals surface area contributed by atoms with E-state index in [9.17, 15) is 9.59 Å². The van der Waals surface area contributed by atoms with Gasteiger partial charge in [0.25, 0.3) is 11.8 Å². The Balaban J connectivity index is 1.49. The lowest BCUT2D eigenvalue weighted by molar-refractivity contribution is -0.115. The first-order valence-electron chi connectivity index (χ1n) is 9.85. The van der Waals surface area contributed by atoms with E-state index in [0.29, 0.717) is 27.8 Å². The highest BCUT2D eigenvalue weighted by molar-refractivity contribution is 8.18. The zero-order chi connectivity index (χ0) is 22.5. The fourth-order valence-electron chi connectivity index (χ4n) is 2.95. The van der Waals surface area contributed by atoms with Gasteiger partial charge in [-0.3, -0.25) is 9.59 Å². The zero-order valence-corrected chi connectivity index (χ0v) is 18.7. The van der Waals surface area contributed by atoms with Crippen LogP contribution in [-0.2, 0) is 11.4 Å². The van der Waals surface area contributed by atoms with Gasteiger partial charge in [-0.05, 0) is 60.7 Å². The third kappa shape index (κ3) is 5.46. The lowest BCUT2D eigenvalue weighted by atomic mass is 10.1. The second kappa shape index (κ2) is 9.85. The number of nitrogens with zero attached hydrogens (tertiary/aromatic N) is 1. The second-order valence-electron chi connectivity index (χ2n) is 7.11. The molecule has 0 spiro atoms. The summed E-state index contributed by atoms with van der Waals surface area (Å²) in [6.45, 7) is 2.46. The smallest absolute Gasteiger partial charge is 0.279 e. The van der Waals surface area contributed by atoms with Crippen LogP contribution in [0.3, 0.4) is 0 Å². The molecule has 3 aromatic rings. The molecule has 160 valence electrons. The lowest BCUT2D eigenvalue weighted by Crippen LogP contribution is -2.20. The highest BCUT2D eigenvalue weighted by Gasteiger charge is 2.25. The van der Waals surface area contributed by atoms with Gasteiger partial charge in [-0.1, -0.05) is 59.6 Å². The van der Waals surface area contributed by atoms with E-state index in [0.717, 1.165) is 22.9 Å². The van der Waals surface area contributed by atoms with Gasteiger partial charge >= 0.3 is 0 Å². The van der Waals surface area contributed by atoms with Gasteiger partial charge in [0.15, 0.2) is 5.17 Å². The van der Waals surface area contributed by atoms with Crippen molar-refractivity contribution < 1.29 is 14.3 Å². The van der Waals surface area contributed by atoms with Gasteiger partial charge in [0.1, 0.15) is 12.4 Å². The van der Waals surface area contributed by atoms with Crippen molar-refractivity contribution in [3.05, 3.63) is 105 Å². The third-order valence-corrected chi connectivity index (χ3v) is 5.83. The molecule has 2 amide bonds. The molecule has 32 heavy (non-hydrogen) atoms. The summed E-state index contributed by atoms with van der Waals surface area (Å²) in [7, 11) is 0.